The summed E-state index contributed by atoms with van der Waals surface area (Å²) in [6.07, 6.45) is 0.980. The van der Waals surface area contributed by atoms with E-state index in [9.17, 15) is 9.59 Å². The molecule has 0 aromatic heterocycles. The molecule has 2 rings (SSSR count). The largest absolute Gasteiger partial charge is 0.467 e. The molecule has 0 aliphatic carbocycles. The van der Waals surface area contributed by atoms with Crippen molar-refractivity contribution in [1.82, 2.24) is 5.32 Å². The number of ether oxygens (including phenoxy) is 1. The number of carbonyl (C=O) groups excluding carboxylic acids is 2. The molecule has 1 aromatic carbocycles. The first kappa shape index (κ1) is 14.4. The molecule has 0 saturated heterocycles. The van der Waals surface area contributed by atoms with Gasteiger partial charge in [0.25, 0.3) is 5.91 Å². The lowest BCUT2D eigenvalue weighted by atomic mass is 10.0. The van der Waals surface area contributed by atoms with E-state index in [1.165, 1.54) is 12.7 Å². The smallest absolute Gasteiger partial charge is 0.328 e. The van der Waals surface area contributed by atoms with Crippen LogP contribution in [0.3, 0.4) is 0 Å². The van der Waals surface area contributed by atoms with E-state index in [4.69, 9.17) is 4.74 Å². The lowest BCUT2D eigenvalue weighted by molar-refractivity contribution is -0.144. The normalized spacial score (nSPS) is 14.4. The zero-order valence-electron chi connectivity index (χ0n) is 12.0. The molecule has 1 aliphatic rings. The third kappa shape index (κ3) is 2.92. The zero-order chi connectivity index (χ0) is 14.7. The minimum atomic E-state index is -0.631. The van der Waals surface area contributed by atoms with Crippen LogP contribution in [0.25, 0.3) is 0 Å². The molecule has 1 heterocycles. The van der Waals surface area contributed by atoms with Crippen LogP contribution in [0.5, 0.6) is 0 Å². The number of carbonyl (C=O) groups is 2. The SMILES string of the molecule is COC(=O)[C@@H](NC(=O)c1ccc2c(c1)NCC2)C(C)C. The number of benzene rings is 1. The van der Waals surface area contributed by atoms with Gasteiger partial charge in [0.05, 0.1) is 7.11 Å². The summed E-state index contributed by atoms with van der Waals surface area (Å²) in [6, 6.07) is 4.93. The van der Waals surface area contributed by atoms with Gasteiger partial charge in [-0.2, -0.15) is 0 Å². The second-order valence-electron chi connectivity index (χ2n) is 5.27. The fraction of sp³-hybridized carbons (Fsp3) is 0.467. The van der Waals surface area contributed by atoms with Crippen LogP contribution in [0.2, 0.25) is 0 Å². The molecule has 2 N–H and O–H groups in total. The molecule has 0 fully saturated rings. The summed E-state index contributed by atoms with van der Waals surface area (Å²) >= 11 is 0. The number of rotatable bonds is 4. The van der Waals surface area contributed by atoms with Crippen LogP contribution >= 0.6 is 0 Å². The van der Waals surface area contributed by atoms with E-state index in [2.05, 4.69) is 10.6 Å². The maximum atomic E-state index is 12.2. The number of methoxy groups -OCH3 is 1. The maximum Gasteiger partial charge on any atom is 0.328 e. The van der Waals surface area contributed by atoms with Gasteiger partial charge in [-0.05, 0) is 30.0 Å². The van der Waals surface area contributed by atoms with Gasteiger partial charge in [0.1, 0.15) is 6.04 Å². The van der Waals surface area contributed by atoms with Crippen LogP contribution in [0, 0.1) is 5.92 Å². The van der Waals surface area contributed by atoms with Crippen LogP contribution in [-0.2, 0) is 16.0 Å². The van der Waals surface area contributed by atoms with E-state index in [0.717, 1.165) is 18.7 Å². The van der Waals surface area contributed by atoms with Crippen LogP contribution in [0.1, 0.15) is 29.8 Å². The van der Waals surface area contributed by atoms with E-state index in [0.29, 0.717) is 5.56 Å². The standard InChI is InChI=1S/C15H20N2O3/c1-9(2)13(15(19)20-3)17-14(18)11-5-4-10-6-7-16-12(10)8-11/h4-5,8-9,13,16H,6-7H2,1-3H3,(H,17,18)/t13-/m0/s1. The maximum absolute atomic E-state index is 12.2. The third-order valence-corrected chi connectivity index (χ3v) is 3.49. The van der Waals surface area contributed by atoms with Crippen LogP contribution in [0.4, 0.5) is 5.69 Å². The number of nitrogens with one attached hydrogen (secondary N) is 2. The van der Waals surface area contributed by atoms with Crippen molar-refractivity contribution in [3.63, 3.8) is 0 Å². The van der Waals surface area contributed by atoms with E-state index < -0.39 is 12.0 Å². The van der Waals surface area contributed by atoms with Crippen LogP contribution in [-0.4, -0.2) is 31.6 Å². The predicted molar refractivity (Wildman–Crippen MR) is 76.7 cm³/mol. The molecule has 108 valence electrons. The summed E-state index contributed by atoms with van der Waals surface area (Å²) in [5, 5.41) is 5.97. The molecular weight excluding hydrogens is 256 g/mol. The number of esters is 1. The van der Waals surface area contributed by atoms with Crippen molar-refractivity contribution in [3.8, 4) is 0 Å². The van der Waals surface area contributed by atoms with Crippen molar-refractivity contribution < 1.29 is 14.3 Å². The van der Waals surface area contributed by atoms with E-state index in [1.54, 1.807) is 6.07 Å². The van der Waals surface area contributed by atoms with Gasteiger partial charge in [0.2, 0.25) is 0 Å². The van der Waals surface area contributed by atoms with Gasteiger partial charge in [0, 0.05) is 17.8 Å². The summed E-state index contributed by atoms with van der Waals surface area (Å²) in [4.78, 5) is 23.9. The average molecular weight is 276 g/mol. The fourth-order valence-corrected chi connectivity index (χ4v) is 2.28. The molecule has 1 aliphatic heterocycles. The molecule has 1 amide bonds. The van der Waals surface area contributed by atoms with Gasteiger partial charge in [-0.1, -0.05) is 19.9 Å². The van der Waals surface area contributed by atoms with Crippen molar-refractivity contribution >= 4 is 17.6 Å². The number of fused-ring (bicyclic) bond motifs is 1. The van der Waals surface area contributed by atoms with Gasteiger partial charge in [-0.3, -0.25) is 4.79 Å². The molecule has 0 radical (unpaired) electrons. The second-order valence-corrected chi connectivity index (χ2v) is 5.27. The quantitative estimate of drug-likeness (QED) is 0.819. The Bertz CT molecular complexity index is 526. The highest BCUT2D eigenvalue weighted by Crippen LogP contribution is 2.23. The first-order valence-electron chi connectivity index (χ1n) is 6.78. The van der Waals surface area contributed by atoms with E-state index in [1.807, 2.05) is 26.0 Å². The van der Waals surface area contributed by atoms with Crippen LogP contribution in [0.15, 0.2) is 18.2 Å². The monoisotopic (exact) mass is 276 g/mol. The predicted octanol–water partition coefficient (Wildman–Crippen LogP) is 1.58. The molecule has 1 atom stereocenters. The Morgan fingerprint density at radius 2 is 2.10 bits per heavy atom. The lowest BCUT2D eigenvalue weighted by Gasteiger charge is -2.20. The van der Waals surface area contributed by atoms with Crippen LogP contribution < -0.4 is 10.6 Å². The Balaban J connectivity index is 2.12. The highest BCUT2D eigenvalue weighted by molar-refractivity contribution is 5.97. The number of hydrogen-bond donors (Lipinski definition) is 2. The molecule has 0 spiro atoms. The molecule has 0 bridgehead atoms. The van der Waals surface area contributed by atoms with Gasteiger partial charge < -0.3 is 15.4 Å². The Labute approximate surface area is 118 Å². The van der Waals surface area contributed by atoms with Gasteiger partial charge in [0.15, 0.2) is 0 Å². The molecular formula is C15H20N2O3. The minimum Gasteiger partial charge on any atom is -0.467 e. The summed E-state index contributed by atoms with van der Waals surface area (Å²) in [7, 11) is 1.32. The first-order valence-corrected chi connectivity index (χ1v) is 6.78. The summed E-state index contributed by atoms with van der Waals surface area (Å²) in [5.41, 5.74) is 2.76. The number of amides is 1. The molecule has 20 heavy (non-hydrogen) atoms. The average Bonchev–Trinajstić information content (AvgIpc) is 2.90. The molecule has 5 nitrogen and oxygen atoms in total. The van der Waals surface area contributed by atoms with E-state index >= 15 is 0 Å². The summed E-state index contributed by atoms with van der Waals surface area (Å²) in [6.45, 7) is 4.63. The first-order chi connectivity index (χ1) is 9.52. The Hall–Kier alpha value is -2.04. The minimum absolute atomic E-state index is 0.0287. The lowest BCUT2D eigenvalue weighted by Crippen LogP contribution is -2.45. The van der Waals surface area contributed by atoms with Gasteiger partial charge >= 0.3 is 5.97 Å². The molecule has 0 unspecified atom stereocenters. The van der Waals surface area contributed by atoms with Gasteiger partial charge in [-0.25, -0.2) is 4.79 Å². The third-order valence-electron chi connectivity index (χ3n) is 3.49. The molecule has 0 saturated carbocycles. The zero-order valence-corrected chi connectivity index (χ0v) is 12.0. The number of hydrogen-bond acceptors (Lipinski definition) is 4. The van der Waals surface area contributed by atoms with Gasteiger partial charge in [-0.15, -0.1) is 0 Å². The highest BCUT2D eigenvalue weighted by atomic mass is 16.5. The van der Waals surface area contributed by atoms with Crippen molar-refractivity contribution in [1.29, 1.82) is 0 Å². The Kier molecular flexibility index (Phi) is 4.27. The van der Waals surface area contributed by atoms with Crippen molar-refractivity contribution in [2.45, 2.75) is 26.3 Å². The topological polar surface area (TPSA) is 67.4 Å². The summed E-state index contributed by atoms with van der Waals surface area (Å²) < 4.78 is 4.72. The highest BCUT2D eigenvalue weighted by Gasteiger charge is 2.25. The fourth-order valence-electron chi connectivity index (χ4n) is 2.28. The van der Waals surface area contributed by atoms with Crippen molar-refractivity contribution in [2.75, 3.05) is 19.0 Å². The molecule has 1 aromatic rings. The number of anilines is 1. The second kappa shape index (κ2) is 5.94. The van der Waals surface area contributed by atoms with E-state index in [-0.39, 0.29) is 11.8 Å². The van der Waals surface area contributed by atoms with Crippen molar-refractivity contribution in [2.24, 2.45) is 5.92 Å². The molecule has 5 heteroatoms. The Morgan fingerprint density at radius 3 is 2.75 bits per heavy atom. The Morgan fingerprint density at radius 1 is 1.35 bits per heavy atom. The van der Waals surface area contributed by atoms with Crippen molar-refractivity contribution in [3.05, 3.63) is 29.3 Å². The summed E-state index contributed by atoms with van der Waals surface area (Å²) in [5.74, 6) is -0.711.